The van der Waals surface area contributed by atoms with Crippen molar-refractivity contribution in [2.24, 2.45) is 5.92 Å². The van der Waals surface area contributed by atoms with Crippen LogP contribution in [-0.2, 0) is 4.79 Å². The van der Waals surface area contributed by atoms with Crippen molar-refractivity contribution in [2.45, 2.75) is 70.4 Å². The smallest absolute Gasteiger partial charge is 0.248 e. The molecule has 0 aromatic rings. The summed E-state index contributed by atoms with van der Waals surface area (Å²) < 4.78 is 0. The molecular weight excluding hydrogens is 252 g/mol. The molecule has 0 heterocycles. The molecule has 1 aliphatic rings. The van der Waals surface area contributed by atoms with E-state index in [1.165, 1.54) is 25.7 Å². The first kappa shape index (κ1) is 17.4. The van der Waals surface area contributed by atoms with Crippen LogP contribution in [-0.4, -0.2) is 48.2 Å². The summed E-state index contributed by atoms with van der Waals surface area (Å²) >= 11 is 0. The van der Waals surface area contributed by atoms with Crippen molar-refractivity contribution < 1.29 is 9.90 Å². The summed E-state index contributed by atoms with van der Waals surface area (Å²) in [5, 5.41) is 12.8. The molecule has 0 bridgehead atoms. The molecule has 118 valence electrons. The van der Waals surface area contributed by atoms with Gasteiger partial charge in [-0.05, 0) is 39.3 Å². The van der Waals surface area contributed by atoms with Gasteiger partial charge in [-0.3, -0.25) is 4.79 Å². The lowest BCUT2D eigenvalue weighted by Crippen LogP contribution is -2.53. The zero-order chi connectivity index (χ0) is 15.2. The first-order valence-electron chi connectivity index (χ1n) is 8.00. The van der Waals surface area contributed by atoms with Crippen molar-refractivity contribution >= 4 is 5.91 Å². The molecule has 20 heavy (non-hydrogen) atoms. The number of amides is 1. The molecule has 2 N–H and O–H groups in total. The molecule has 4 nitrogen and oxygen atoms in total. The van der Waals surface area contributed by atoms with Crippen molar-refractivity contribution in [2.75, 3.05) is 20.6 Å². The first-order chi connectivity index (χ1) is 9.37. The third-order valence-electron chi connectivity index (χ3n) is 4.57. The average Bonchev–Trinajstić information content (AvgIpc) is 2.61. The zero-order valence-electron chi connectivity index (χ0n) is 13.6. The zero-order valence-corrected chi connectivity index (χ0v) is 13.6. The summed E-state index contributed by atoms with van der Waals surface area (Å²) in [5.74, 6) is 0.112. The molecule has 0 saturated heterocycles. The number of nitrogens with zero attached hydrogens (tertiary/aromatic N) is 1. The Kier molecular flexibility index (Phi) is 6.96. The van der Waals surface area contributed by atoms with Gasteiger partial charge in [0, 0.05) is 12.1 Å². The third-order valence-corrected chi connectivity index (χ3v) is 4.57. The van der Waals surface area contributed by atoms with E-state index in [0.29, 0.717) is 18.9 Å². The van der Waals surface area contributed by atoms with Gasteiger partial charge in [-0.2, -0.15) is 0 Å². The van der Waals surface area contributed by atoms with E-state index in [1.54, 1.807) is 0 Å². The van der Waals surface area contributed by atoms with E-state index in [1.807, 2.05) is 13.8 Å². The van der Waals surface area contributed by atoms with Gasteiger partial charge in [0.2, 0.25) is 5.91 Å². The highest BCUT2D eigenvalue weighted by Crippen LogP contribution is 2.30. The molecule has 1 amide bonds. The highest BCUT2D eigenvalue weighted by Gasteiger charge is 2.34. The maximum atomic E-state index is 12.0. The fourth-order valence-corrected chi connectivity index (χ4v) is 3.09. The number of rotatable bonds is 6. The van der Waals surface area contributed by atoms with E-state index in [2.05, 4.69) is 24.3 Å². The van der Waals surface area contributed by atoms with Gasteiger partial charge >= 0.3 is 0 Å². The monoisotopic (exact) mass is 284 g/mol. The standard InChI is InChI=1S/C16H32N2O2/c1-13(2)11-14(19)15(20)17-12-16(18(3)4)9-7-5-6-8-10-16/h13-14,19H,5-12H2,1-4H3,(H,17,20)/t14-/m1/s1. The lowest BCUT2D eigenvalue weighted by Gasteiger charge is -2.40. The summed E-state index contributed by atoms with van der Waals surface area (Å²) in [6, 6.07) is 0. The number of likely N-dealkylation sites (N-methyl/N-ethyl adjacent to an activating group) is 1. The summed E-state index contributed by atoms with van der Waals surface area (Å²) in [4.78, 5) is 14.2. The Hall–Kier alpha value is -0.610. The van der Waals surface area contributed by atoms with Crippen molar-refractivity contribution in [3.63, 3.8) is 0 Å². The maximum Gasteiger partial charge on any atom is 0.248 e. The predicted molar refractivity (Wildman–Crippen MR) is 82.6 cm³/mol. The van der Waals surface area contributed by atoms with E-state index in [0.717, 1.165) is 12.8 Å². The minimum absolute atomic E-state index is 0.0592. The molecular formula is C16H32N2O2. The number of carbonyl (C=O) groups is 1. The Balaban J connectivity index is 2.56. The third kappa shape index (κ3) is 5.06. The molecule has 0 aliphatic heterocycles. The van der Waals surface area contributed by atoms with Crippen LogP contribution in [0.5, 0.6) is 0 Å². The Morgan fingerprint density at radius 3 is 2.20 bits per heavy atom. The van der Waals surface area contributed by atoms with Gasteiger partial charge in [0.1, 0.15) is 6.10 Å². The van der Waals surface area contributed by atoms with Crippen molar-refractivity contribution in [3.05, 3.63) is 0 Å². The molecule has 0 spiro atoms. The minimum atomic E-state index is -0.875. The van der Waals surface area contributed by atoms with Crippen LogP contribution in [0.2, 0.25) is 0 Å². The van der Waals surface area contributed by atoms with Gasteiger partial charge in [-0.15, -0.1) is 0 Å². The van der Waals surface area contributed by atoms with Crippen LogP contribution < -0.4 is 5.32 Å². The second kappa shape index (κ2) is 7.99. The van der Waals surface area contributed by atoms with Crippen LogP contribution in [0.25, 0.3) is 0 Å². The van der Waals surface area contributed by atoms with Crippen LogP contribution in [0, 0.1) is 5.92 Å². The molecule has 0 aromatic carbocycles. The molecule has 1 fully saturated rings. The fraction of sp³-hybridized carbons (Fsp3) is 0.938. The molecule has 1 atom stereocenters. The van der Waals surface area contributed by atoms with Gasteiger partial charge in [-0.25, -0.2) is 0 Å². The molecule has 0 radical (unpaired) electrons. The maximum absolute atomic E-state index is 12.0. The number of aliphatic hydroxyl groups is 1. The summed E-state index contributed by atoms with van der Waals surface area (Å²) in [6.07, 6.45) is 6.94. The van der Waals surface area contributed by atoms with Crippen LogP contribution in [0.4, 0.5) is 0 Å². The Morgan fingerprint density at radius 2 is 1.75 bits per heavy atom. The highest BCUT2D eigenvalue weighted by molar-refractivity contribution is 5.80. The predicted octanol–water partition coefficient (Wildman–Crippen LogP) is 2.16. The van der Waals surface area contributed by atoms with Gasteiger partial charge in [0.05, 0.1) is 0 Å². The average molecular weight is 284 g/mol. The molecule has 0 aromatic heterocycles. The topological polar surface area (TPSA) is 52.6 Å². The van der Waals surface area contributed by atoms with E-state index >= 15 is 0 Å². The molecule has 1 saturated carbocycles. The van der Waals surface area contributed by atoms with Crippen LogP contribution in [0.15, 0.2) is 0 Å². The lowest BCUT2D eigenvalue weighted by atomic mass is 9.88. The van der Waals surface area contributed by atoms with E-state index < -0.39 is 6.10 Å². The number of nitrogens with one attached hydrogen (secondary N) is 1. The minimum Gasteiger partial charge on any atom is -0.383 e. The van der Waals surface area contributed by atoms with Gasteiger partial charge in [-0.1, -0.05) is 39.5 Å². The van der Waals surface area contributed by atoms with E-state index in [-0.39, 0.29) is 11.4 Å². The SMILES string of the molecule is CC(C)C[C@@H](O)C(=O)NCC1(N(C)C)CCCCCC1. The number of carbonyl (C=O) groups excluding carboxylic acids is 1. The Labute approximate surface area is 123 Å². The normalized spacial score (nSPS) is 20.8. The first-order valence-corrected chi connectivity index (χ1v) is 8.00. The van der Waals surface area contributed by atoms with Crippen LogP contribution >= 0.6 is 0 Å². The van der Waals surface area contributed by atoms with E-state index in [9.17, 15) is 9.90 Å². The Morgan fingerprint density at radius 1 is 1.20 bits per heavy atom. The lowest BCUT2D eigenvalue weighted by molar-refractivity contribution is -0.130. The van der Waals surface area contributed by atoms with Crippen molar-refractivity contribution in [3.8, 4) is 0 Å². The fourth-order valence-electron chi connectivity index (χ4n) is 3.09. The molecule has 1 rings (SSSR count). The van der Waals surface area contributed by atoms with Crippen LogP contribution in [0.3, 0.4) is 0 Å². The van der Waals surface area contributed by atoms with Crippen molar-refractivity contribution in [1.29, 1.82) is 0 Å². The Bertz CT molecular complexity index is 295. The van der Waals surface area contributed by atoms with Crippen molar-refractivity contribution in [1.82, 2.24) is 10.2 Å². The molecule has 4 heteroatoms. The second-order valence-corrected chi connectivity index (χ2v) is 6.90. The van der Waals surface area contributed by atoms with Gasteiger partial charge < -0.3 is 15.3 Å². The van der Waals surface area contributed by atoms with Crippen LogP contribution in [0.1, 0.15) is 58.8 Å². The largest absolute Gasteiger partial charge is 0.383 e. The van der Waals surface area contributed by atoms with Gasteiger partial charge in [0.15, 0.2) is 0 Å². The number of hydrogen-bond donors (Lipinski definition) is 2. The highest BCUT2D eigenvalue weighted by atomic mass is 16.3. The number of aliphatic hydroxyl groups excluding tert-OH is 1. The summed E-state index contributed by atoms with van der Waals surface area (Å²) in [7, 11) is 4.20. The summed E-state index contributed by atoms with van der Waals surface area (Å²) in [6.45, 7) is 4.68. The molecule has 0 unspecified atom stereocenters. The number of hydrogen-bond acceptors (Lipinski definition) is 3. The quantitative estimate of drug-likeness (QED) is 0.735. The molecule has 1 aliphatic carbocycles. The van der Waals surface area contributed by atoms with E-state index in [4.69, 9.17) is 0 Å². The van der Waals surface area contributed by atoms with Gasteiger partial charge in [0.25, 0.3) is 0 Å². The second-order valence-electron chi connectivity index (χ2n) is 6.90. The summed E-state index contributed by atoms with van der Waals surface area (Å²) in [5.41, 5.74) is 0.0592.